The minimum absolute atomic E-state index is 0.585. The summed E-state index contributed by atoms with van der Waals surface area (Å²) in [4.78, 5) is 0. The van der Waals surface area contributed by atoms with Crippen molar-refractivity contribution in [1.82, 2.24) is 0 Å². The summed E-state index contributed by atoms with van der Waals surface area (Å²) in [5.41, 5.74) is 0. The Kier molecular flexibility index (Phi) is 5.19. The molecule has 0 aromatic heterocycles. The normalized spacial score (nSPS) is 14.9. The summed E-state index contributed by atoms with van der Waals surface area (Å²) in [5, 5.41) is 0. The van der Waals surface area contributed by atoms with Crippen LogP contribution in [0.1, 0.15) is 20.3 Å². The molecule has 0 N–H and O–H groups in total. The Hall–Kier alpha value is 0.0300. The van der Waals surface area contributed by atoms with E-state index in [1.807, 2.05) is 6.92 Å². The van der Waals surface area contributed by atoms with Crippen molar-refractivity contribution < 1.29 is 0 Å². The Bertz CT molecular complexity index is 62.8. The van der Waals surface area contributed by atoms with Gasteiger partial charge in [0.05, 0.1) is 0 Å². The topological polar surface area (TPSA) is 0 Å². The molecule has 0 aromatic carbocycles. The summed E-state index contributed by atoms with van der Waals surface area (Å²) in [5.74, 6) is 1.34. The van der Waals surface area contributed by atoms with Gasteiger partial charge in [0.15, 0.2) is 0 Å². The molecular formula is C7H13Cl. The van der Waals surface area contributed by atoms with Crippen LogP contribution in [0.5, 0.6) is 0 Å². The van der Waals surface area contributed by atoms with E-state index in [-0.39, 0.29) is 0 Å². The highest BCUT2D eigenvalue weighted by molar-refractivity contribution is 6.18. The maximum atomic E-state index is 5.60. The molecule has 1 unspecified atom stereocenters. The van der Waals surface area contributed by atoms with Gasteiger partial charge in [-0.05, 0) is 19.3 Å². The molecule has 0 saturated heterocycles. The first kappa shape index (κ1) is 8.03. The first-order valence-electron chi connectivity index (χ1n) is 3.03. The van der Waals surface area contributed by atoms with Crippen LogP contribution in [0.3, 0.4) is 0 Å². The lowest BCUT2D eigenvalue weighted by atomic mass is 10.1. The molecule has 1 heteroatoms. The Morgan fingerprint density at radius 2 is 2.25 bits per heavy atom. The second-order valence-corrected chi connectivity index (χ2v) is 2.16. The standard InChI is InChI=1S/C7H13Cl/c1-3-5-7(4-2)6-8/h3,5,7H,4,6H2,1-2H3/b5-3+. The van der Waals surface area contributed by atoms with Gasteiger partial charge in [0.25, 0.3) is 0 Å². The van der Waals surface area contributed by atoms with E-state index in [2.05, 4.69) is 19.1 Å². The van der Waals surface area contributed by atoms with Gasteiger partial charge in [0.2, 0.25) is 0 Å². The molecule has 0 fully saturated rings. The lowest BCUT2D eigenvalue weighted by Crippen LogP contribution is -1.93. The quantitative estimate of drug-likeness (QED) is 0.409. The molecule has 0 spiro atoms. The molecule has 0 radical (unpaired) electrons. The summed E-state index contributed by atoms with van der Waals surface area (Å²) in [6.07, 6.45) is 5.34. The molecule has 0 heterocycles. The molecule has 0 aliphatic rings. The summed E-state index contributed by atoms with van der Waals surface area (Å²) in [6, 6.07) is 0. The predicted octanol–water partition coefficient (Wildman–Crippen LogP) is 2.83. The molecule has 0 bridgehead atoms. The average Bonchev–Trinajstić information content (AvgIpc) is 1.83. The third-order valence-electron chi connectivity index (χ3n) is 1.19. The number of alkyl halides is 1. The van der Waals surface area contributed by atoms with Crippen molar-refractivity contribution in [3.8, 4) is 0 Å². The van der Waals surface area contributed by atoms with Crippen LogP contribution in [0.15, 0.2) is 12.2 Å². The van der Waals surface area contributed by atoms with E-state index in [9.17, 15) is 0 Å². The number of hydrogen-bond acceptors (Lipinski definition) is 0. The van der Waals surface area contributed by atoms with Crippen molar-refractivity contribution in [1.29, 1.82) is 0 Å². The van der Waals surface area contributed by atoms with Crippen LogP contribution >= 0.6 is 11.6 Å². The van der Waals surface area contributed by atoms with Crippen molar-refractivity contribution in [3.63, 3.8) is 0 Å². The fourth-order valence-corrected chi connectivity index (χ4v) is 0.890. The first-order valence-corrected chi connectivity index (χ1v) is 3.57. The SMILES string of the molecule is C/C=C/C(CC)CCl. The Morgan fingerprint density at radius 1 is 1.62 bits per heavy atom. The third kappa shape index (κ3) is 3.09. The zero-order valence-corrected chi connectivity index (χ0v) is 6.28. The van der Waals surface area contributed by atoms with E-state index >= 15 is 0 Å². The Balaban J connectivity index is 3.36. The van der Waals surface area contributed by atoms with Crippen molar-refractivity contribution in [2.24, 2.45) is 5.92 Å². The fourth-order valence-electron chi connectivity index (χ4n) is 0.569. The van der Waals surface area contributed by atoms with Gasteiger partial charge >= 0.3 is 0 Å². The lowest BCUT2D eigenvalue weighted by Gasteiger charge is -2.01. The van der Waals surface area contributed by atoms with Crippen LogP contribution in [-0.2, 0) is 0 Å². The molecule has 0 aliphatic heterocycles. The minimum Gasteiger partial charge on any atom is -0.126 e. The second-order valence-electron chi connectivity index (χ2n) is 1.85. The van der Waals surface area contributed by atoms with Crippen LogP contribution < -0.4 is 0 Å². The largest absolute Gasteiger partial charge is 0.126 e. The minimum atomic E-state index is 0.585. The van der Waals surface area contributed by atoms with Gasteiger partial charge in [-0.2, -0.15) is 0 Å². The Labute approximate surface area is 56.5 Å². The van der Waals surface area contributed by atoms with E-state index in [0.29, 0.717) is 5.92 Å². The van der Waals surface area contributed by atoms with E-state index in [4.69, 9.17) is 11.6 Å². The summed E-state index contributed by atoms with van der Waals surface area (Å²) in [7, 11) is 0. The van der Waals surface area contributed by atoms with E-state index in [1.165, 1.54) is 0 Å². The summed E-state index contributed by atoms with van der Waals surface area (Å²) < 4.78 is 0. The molecule has 0 amide bonds. The number of rotatable bonds is 3. The highest BCUT2D eigenvalue weighted by Crippen LogP contribution is 2.05. The zero-order valence-electron chi connectivity index (χ0n) is 5.52. The maximum absolute atomic E-state index is 5.60. The number of hydrogen-bond donors (Lipinski definition) is 0. The third-order valence-corrected chi connectivity index (χ3v) is 1.58. The molecule has 1 atom stereocenters. The predicted molar refractivity (Wildman–Crippen MR) is 39.3 cm³/mol. The van der Waals surface area contributed by atoms with E-state index in [1.54, 1.807) is 0 Å². The fraction of sp³-hybridized carbons (Fsp3) is 0.714. The first-order chi connectivity index (χ1) is 3.85. The van der Waals surface area contributed by atoms with Crippen molar-refractivity contribution in [2.75, 3.05) is 5.88 Å². The van der Waals surface area contributed by atoms with E-state index < -0.39 is 0 Å². The van der Waals surface area contributed by atoms with Gasteiger partial charge in [-0.3, -0.25) is 0 Å². The molecule has 0 aliphatic carbocycles. The van der Waals surface area contributed by atoms with Gasteiger partial charge in [-0.25, -0.2) is 0 Å². The monoisotopic (exact) mass is 132 g/mol. The summed E-state index contributed by atoms with van der Waals surface area (Å²) in [6.45, 7) is 4.17. The van der Waals surface area contributed by atoms with Gasteiger partial charge in [0.1, 0.15) is 0 Å². The van der Waals surface area contributed by atoms with Crippen LogP contribution in [-0.4, -0.2) is 5.88 Å². The molecule has 48 valence electrons. The molecule has 0 nitrogen and oxygen atoms in total. The van der Waals surface area contributed by atoms with Gasteiger partial charge < -0.3 is 0 Å². The molecule has 8 heavy (non-hydrogen) atoms. The number of allylic oxidation sites excluding steroid dienone is 2. The molecule has 0 saturated carbocycles. The highest BCUT2D eigenvalue weighted by atomic mass is 35.5. The average molecular weight is 133 g/mol. The van der Waals surface area contributed by atoms with Gasteiger partial charge in [-0.1, -0.05) is 19.1 Å². The van der Waals surface area contributed by atoms with Crippen LogP contribution in [0.2, 0.25) is 0 Å². The van der Waals surface area contributed by atoms with Crippen molar-refractivity contribution in [3.05, 3.63) is 12.2 Å². The van der Waals surface area contributed by atoms with Gasteiger partial charge in [0, 0.05) is 5.88 Å². The smallest absolute Gasteiger partial charge is 0.0286 e. The molecule has 0 rings (SSSR count). The van der Waals surface area contributed by atoms with Crippen LogP contribution in [0.4, 0.5) is 0 Å². The maximum Gasteiger partial charge on any atom is 0.0286 e. The highest BCUT2D eigenvalue weighted by Gasteiger charge is 1.95. The summed E-state index contributed by atoms with van der Waals surface area (Å²) >= 11 is 5.60. The Morgan fingerprint density at radius 3 is 2.38 bits per heavy atom. The lowest BCUT2D eigenvalue weighted by molar-refractivity contribution is 0.704. The molecular weight excluding hydrogens is 120 g/mol. The molecule has 0 aromatic rings. The van der Waals surface area contributed by atoms with Crippen LogP contribution in [0.25, 0.3) is 0 Å². The zero-order chi connectivity index (χ0) is 6.41. The van der Waals surface area contributed by atoms with E-state index in [0.717, 1.165) is 12.3 Å². The number of halogens is 1. The van der Waals surface area contributed by atoms with Crippen molar-refractivity contribution >= 4 is 11.6 Å². The van der Waals surface area contributed by atoms with Gasteiger partial charge in [-0.15, -0.1) is 11.6 Å². The van der Waals surface area contributed by atoms with Crippen molar-refractivity contribution in [2.45, 2.75) is 20.3 Å². The van der Waals surface area contributed by atoms with Crippen LogP contribution in [0, 0.1) is 5.92 Å². The second kappa shape index (κ2) is 5.17.